The summed E-state index contributed by atoms with van der Waals surface area (Å²) >= 11 is 1.57. The Labute approximate surface area is 177 Å². The van der Waals surface area contributed by atoms with Crippen LogP contribution in [0.3, 0.4) is 0 Å². The number of nitrogens with zero attached hydrogens (tertiary/aromatic N) is 5. The van der Waals surface area contributed by atoms with E-state index in [4.69, 9.17) is 4.74 Å². The summed E-state index contributed by atoms with van der Waals surface area (Å²) in [6.07, 6.45) is 2.64. The fourth-order valence-corrected chi connectivity index (χ4v) is 5.28. The number of pyridine rings is 1. The summed E-state index contributed by atoms with van der Waals surface area (Å²) in [5, 5.41) is 9.26. The highest BCUT2D eigenvalue weighted by atomic mass is 32.1. The van der Waals surface area contributed by atoms with E-state index in [1.54, 1.807) is 34.4 Å². The van der Waals surface area contributed by atoms with Gasteiger partial charge in [0.25, 0.3) is 6.43 Å². The molecule has 10 heteroatoms. The number of ether oxygens (including phenoxy) is 1. The van der Waals surface area contributed by atoms with Gasteiger partial charge in [-0.3, -0.25) is 0 Å². The van der Waals surface area contributed by atoms with Crippen molar-refractivity contribution in [3.63, 3.8) is 0 Å². The molecular formula is C20H24F2N6OS. The summed E-state index contributed by atoms with van der Waals surface area (Å²) < 4.78 is 36.3. The van der Waals surface area contributed by atoms with Gasteiger partial charge in [-0.1, -0.05) is 0 Å². The number of halogens is 2. The van der Waals surface area contributed by atoms with Crippen molar-refractivity contribution in [1.82, 2.24) is 19.0 Å². The summed E-state index contributed by atoms with van der Waals surface area (Å²) in [7, 11) is 0. The van der Waals surface area contributed by atoms with Crippen molar-refractivity contribution in [2.75, 3.05) is 29.9 Å². The van der Waals surface area contributed by atoms with Crippen LogP contribution in [-0.4, -0.2) is 51.1 Å². The number of fused-ring (bicyclic) bond motifs is 2. The molecule has 160 valence electrons. The molecule has 1 aliphatic carbocycles. The fourth-order valence-electron chi connectivity index (χ4n) is 4.49. The third-order valence-corrected chi connectivity index (χ3v) is 7.03. The van der Waals surface area contributed by atoms with Gasteiger partial charge in [0.05, 0.1) is 5.69 Å². The minimum Gasteiger partial charge on any atom is -0.484 e. The molecule has 0 aromatic carbocycles. The maximum absolute atomic E-state index is 12.5. The van der Waals surface area contributed by atoms with Crippen LogP contribution in [0.25, 0.3) is 5.65 Å². The summed E-state index contributed by atoms with van der Waals surface area (Å²) in [5.74, 6) is 2.06. The van der Waals surface area contributed by atoms with E-state index in [0.717, 1.165) is 25.2 Å². The average molecular weight is 435 g/mol. The number of hydrogen-bond acceptors (Lipinski definition) is 7. The lowest BCUT2D eigenvalue weighted by molar-refractivity contribution is 0.0824. The molecule has 4 heterocycles. The highest BCUT2D eigenvalue weighted by Crippen LogP contribution is 2.42. The molecule has 7 nitrogen and oxygen atoms in total. The van der Waals surface area contributed by atoms with Crippen molar-refractivity contribution < 1.29 is 13.5 Å². The van der Waals surface area contributed by atoms with Crippen LogP contribution in [0.5, 0.6) is 5.75 Å². The molecule has 0 radical (unpaired) electrons. The van der Waals surface area contributed by atoms with Crippen LogP contribution >= 0.6 is 11.5 Å². The van der Waals surface area contributed by atoms with Crippen molar-refractivity contribution in [2.45, 2.75) is 38.7 Å². The smallest absolute Gasteiger partial charge is 0.272 e. The quantitative estimate of drug-likeness (QED) is 0.636. The number of hydrogen-bond donors (Lipinski definition) is 1. The van der Waals surface area contributed by atoms with Gasteiger partial charge in [-0.25, -0.2) is 13.3 Å². The van der Waals surface area contributed by atoms with Crippen molar-refractivity contribution in [1.29, 1.82) is 0 Å². The van der Waals surface area contributed by atoms with E-state index >= 15 is 0 Å². The number of alkyl halides is 2. The molecule has 3 atom stereocenters. The molecule has 1 N–H and O–H groups in total. The fraction of sp³-hybridized carbons (Fsp3) is 0.550. The second kappa shape index (κ2) is 7.98. The first-order valence-electron chi connectivity index (χ1n) is 10.3. The van der Waals surface area contributed by atoms with Gasteiger partial charge in [0.15, 0.2) is 11.4 Å². The van der Waals surface area contributed by atoms with E-state index in [-0.39, 0.29) is 6.04 Å². The van der Waals surface area contributed by atoms with Crippen LogP contribution in [0.15, 0.2) is 24.4 Å². The molecule has 0 amide bonds. The molecule has 1 saturated carbocycles. The first-order valence-corrected chi connectivity index (χ1v) is 11.1. The van der Waals surface area contributed by atoms with Gasteiger partial charge in [-0.2, -0.15) is 9.36 Å². The number of aromatic nitrogens is 4. The first kappa shape index (κ1) is 19.5. The average Bonchev–Trinajstić information content (AvgIpc) is 3.28. The summed E-state index contributed by atoms with van der Waals surface area (Å²) in [6, 6.07) is 5.80. The Morgan fingerprint density at radius 2 is 2.23 bits per heavy atom. The standard InChI is InChI=1S/C20H24F2N6OS/c1-12-9-18(30-26-12)27-8-6-15(14-5-4-13(14)10-27)23-20-24-19-16(29-11-17(21)22)3-2-7-28(19)25-20/h2-3,7,9,13-15,17H,4-6,8,10-11H2,1H3,(H,23,25). The zero-order chi connectivity index (χ0) is 20.7. The predicted molar refractivity (Wildman–Crippen MR) is 112 cm³/mol. The van der Waals surface area contributed by atoms with Crippen LogP contribution < -0.4 is 15.0 Å². The van der Waals surface area contributed by atoms with E-state index in [1.807, 2.05) is 6.92 Å². The first-order chi connectivity index (χ1) is 14.6. The molecule has 2 aliphatic rings. The lowest BCUT2D eigenvalue weighted by atomic mass is 9.69. The molecule has 30 heavy (non-hydrogen) atoms. The maximum atomic E-state index is 12.5. The molecule has 1 aliphatic heterocycles. The normalized spacial score (nSPS) is 23.9. The zero-order valence-corrected chi connectivity index (χ0v) is 17.5. The molecule has 3 unspecified atom stereocenters. The van der Waals surface area contributed by atoms with Gasteiger partial charge in [0.1, 0.15) is 11.6 Å². The second-order valence-corrected chi connectivity index (χ2v) is 8.85. The Hall–Kier alpha value is -2.49. The topological polar surface area (TPSA) is 67.6 Å². The van der Waals surface area contributed by atoms with E-state index < -0.39 is 13.0 Å². The highest BCUT2D eigenvalue weighted by molar-refractivity contribution is 7.10. The third-order valence-electron chi connectivity index (χ3n) is 6.09. The Morgan fingerprint density at radius 3 is 2.97 bits per heavy atom. The van der Waals surface area contributed by atoms with E-state index in [9.17, 15) is 8.78 Å². The van der Waals surface area contributed by atoms with Crippen molar-refractivity contribution >= 4 is 28.1 Å². The number of anilines is 2. The SMILES string of the molecule is Cc1cc(N2CCC(Nc3nc4c(OCC(F)F)cccn4n3)C3CCC3C2)sn1. The van der Waals surface area contributed by atoms with E-state index in [0.29, 0.717) is 29.2 Å². The number of nitrogens with one attached hydrogen (secondary N) is 1. The Morgan fingerprint density at radius 1 is 1.33 bits per heavy atom. The van der Waals surface area contributed by atoms with Crippen molar-refractivity contribution in [2.24, 2.45) is 11.8 Å². The van der Waals surface area contributed by atoms with E-state index in [1.165, 1.54) is 17.8 Å². The largest absolute Gasteiger partial charge is 0.484 e. The minimum atomic E-state index is -2.53. The van der Waals surface area contributed by atoms with E-state index in [2.05, 4.69) is 30.7 Å². The maximum Gasteiger partial charge on any atom is 0.272 e. The monoisotopic (exact) mass is 434 g/mol. The number of aryl methyl sites for hydroxylation is 1. The molecule has 5 rings (SSSR count). The Kier molecular flexibility index (Phi) is 5.18. The van der Waals surface area contributed by atoms with Gasteiger partial charge in [-0.15, -0.1) is 5.10 Å². The van der Waals surface area contributed by atoms with Gasteiger partial charge >= 0.3 is 0 Å². The number of rotatable bonds is 6. The zero-order valence-electron chi connectivity index (χ0n) is 16.7. The summed E-state index contributed by atoms with van der Waals surface area (Å²) in [5.41, 5.74) is 1.51. The van der Waals surface area contributed by atoms with Crippen molar-refractivity contribution in [3.8, 4) is 5.75 Å². The van der Waals surface area contributed by atoms with Crippen LogP contribution in [0.4, 0.5) is 19.7 Å². The van der Waals surface area contributed by atoms with Gasteiger partial charge in [0.2, 0.25) is 5.95 Å². The van der Waals surface area contributed by atoms with Crippen LogP contribution in [-0.2, 0) is 0 Å². The minimum absolute atomic E-state index is 0.283. The van der Waals surface area contributed by atoms with Gasteiger partial charge in [-0.05, 0) is 67.8 Å². The summed E-state index contributed by atoms with van der Waals surface area (Å²) in [6.45, 7) is 3.40. The molecular weight excluding hydrogens is 410 g/mol. The second-order valence-electron chi connectivity index (χ2n) is 8.07. The van der Waals surface area contributed by atoms with Gasteiger partial charge in [0, 0.05) is 25.3 Å². The Balaban J connectivity index is 1.32. The molecule has 0 spiro atoms. The molecule has 2 fully saturated rings. The molecule has 1 saturated heterocycles. The van der Waals surface area contributed by atoms with Crippen LogP contribution in [0.2, 0.25) is 0 Å². The predicted octanol–water partition coefficient (Wildman–Crippen LogP) is 3.86. The Bertz CT molecular complexity index is 1020. The lowest BCUT2D eigenvalue weighted by Gasteiger charge is -2.40. The molecule has 0 bridgehead atoms. The highest BCUT2D eigenvalue weighted by Gasteiger charge is 2.41. The molecule has 3 aromatic heterocycles. The molecule has 3 aromatic rings. The van der Waals surface area contributed by atoms with Crippen LogP contribution in [0, 0.1) is 18.8 Å². The van der Waals surface area contributed by atoms with Crippen LogP contribution in [0.1, 0.15) is 25.0 Å². The summed E-state index contributed by atoms with van der Waals surface area (Å²) in [4.78, 5) is 6.98. The van der Waals surface area contributed by atoms with Crippen molar-refractivity contribution in [3.05, 3.63) is 30.1 Å². The van der Waals surface area contributed by atoms with Gasteiger partial charge < -0.3 is 15.0 Å². The third kappa shape index (κ3) is 3.80. The lowest BCUT2D eigenvalue weighted by Crippen LogP contribution is -2.41.